The van der Waals surface area contributed by atoms with E-state index in [1.165, 1.54) is 44.6 Å². The number of aromatic nitrogens is 2. The molecule has 0 amide bonds. The lowest BCUT2D eigenvalue weighted by molar-refractivity contribution is -0.161. The number of carbonyl (C=O) groups excluding carboxylic acids is 2. The van der Waals surface area contributed by atoms with E-state index in [9.17, 15) is 43.5 Å². The summed E-state index contributed by atoms with van der Waals surface area (Å²) in [4.78, 5) is 61.9. The Morgan fingerprint density at radius 2 is 1.28 bits per heavy atom. The Morgan fingerprint density at radius 3 is 1.93 bits per heavy atom. The summed E-state index contributed by atoms with van der Waals surface area (Å²) in [5.41, 5.74) is 4.58. The van der Waals surface area contributed by atoms with Crippen LogP contribution in [0.3, 0.4) is 0 Å². The summed E-state index contributed by atoms with van der Waals surface area (Å²) in [6, 6.07) is 1.24. The third-order valence-electron chi connectivity index (χ3n) is 11.5. The summed E-state index contributed by atoms with van der Waals surface area (Å²) < 4.78 is 62.5. The van der Waals surface area contributed by atoms with Crippen molar-refractivity contribution < 1.29 is 71.0 Å². The maximum Gasteiger partial charge on any atom is 0.481 e. The van der Waals surface area contributed by atoms with E-state index in [0.29, 0.717) is 31.5 Å². The average molecular weight is 1040 g/mol. The lowest BCUT2D eigenvalue weighted by Gasteiger charge is -2.21. The van der Waals surface area contributed by atoms with E-state index >= 15 is 0 Å². The van der Waals surface area contributed by atoms with E-state index in [1.807, 2.05) is 12.2 Å². The number of aliphatic hydroxyl groups excluding tert-OH is 2. The van der Waals surface area contributed by atoms with Gasteiger partial charge in [0.1, 0.15) is 30.7 Å². The summed E-state index contributed by atoms with van der Waals surface area (Å²) in [5.74, 6) is -1.39. The molecular weight excluding hydrogens is 961 g/mol. The number of allylic oxidation sites excluding steroid dienone is 9. The van der Waals surface area contributed by atoms with Crippen LogP contribution in [0, 0.1) is 0 Å². The van der Waals surface area contributed by atoms with Crippen molar-refractivity contribution in [1.82, 2.24) is 9.55 Å². The quantitative estimate of drug-likeness (QED) is 0.0135. The van der Waals surface area contributed by atoms with Crippen LogP contribution >= 0.6 is 15.6 Å². The number of carbonyl (C=O) groups is 2. The van der Waals surface area contributed by atoms with Gasteiger partial charge in [0.15, 0.2) is 12.3 Å². The van der Waals surface area contributed by atoms with E-state index in [1.54, 1.807) is 0 Å². The molecule has 9 atom stereocenters. The molecular formula is C50H81N3O16P2. The van der Waals surface area contributed by atoms with Crippen LogP contribution in [0.2, 0.25) is 0 Å². The van der Waals surface area contributed by atoms with Crippen LogP contribution in [0.15, 0.2) is 77.8 Å². The minimum atomic E-state index is -5.44. The molecule has 0 spiro atoms. The number of unbranched alkanes of at least 4 members (excludes halogenated alkanes) is 11. The van der Waals surface area contributed by atoms with Gasteiger partial charge in [-0.15, -0.1) is 0 Å². The molecule has 0 saturated carbocycles. The largest absolute Gasteiger partial charge is 0.481 e. The number of esters is 2. The van der Waals surface area contributed by atoms with Gasteiger partial charge in [-0.1, -0.05) is 126 Å². The summed E-state index contributed by atoms with van der Waals surface area (Å²) in [6.07, 6.45) is 34.7. The van der Waals surface area contributed by atoms with Crippen LogP contribution in [0.25, 0.3) is 0 Å². The van der Waals surface area contributed by atoms with Gasteiger partial charge in [0.25, 0.3) is 0 Å². The Labute approximate surface area is 419 Å². The molecule has 2 fully saturated rings. The molecule has 0 radical (unpaired) electrons. The number of hydrogen-bond acceptors (Lipinski definition) is 16. The molecule has 0 aliphatic carbocycles. The maximum atomic E-state index is 12.9. The Balaban J connectivity index is 1.42. The first-order chi connectivity index (χ1) is 34.1. The average Bonchev–Trinajstić information content (AvgIpc) is 4.02. The van der Waals surface area contributed by atoms with Gasteiger partial charge in [0.2, 0.25) is 0 Å². The predicted octanol–water partition coefficient (Wildman–Crippen LogP) is 9.32. The molecule has 19 nitrogen and oxygen atoms in total. The van der Waals surface area contributed by atoms with Crippen LogP contribution < -0.4 is 11.4 Å². The molecule has 71 heavy (non-hydrogen) atoms. The van der Waals surface area contributed by atoms with Crippen LogP contribution in [0.4, 0.5) is 5.82 Å². The molecule has 6 N–H and O–H groups in total. The van der Waals surface area contributed by atoms with Gasteiger partial charge < -0.3 is 44.7 Å². The second-order valence-corrected chi connectivity index (χ2v) is 20.7. The van der Waals surface area contributed by atoms with E-state index in [-0.39, 0.29) is 18.7 Å². The predicted molar refractivity (Wildman–Crippen MR) is 270 cm³/mol. The van der Waals surface area contributed by atoms with Gasteiger partial charge in [-0.25, -0.2) is 13.9 Å². The van der Waals surface area contributed by atoms with Crippen LogP contribution in [0.1, 0.15) is 161 Å². The lowest BCUT2D eigenvalue weighted by Crippen LogP contribution is -2.36. The highest BCUT2D eigenvalue weighted by molar-refractivity contribution is 7.61. The van der Waals surface area contributed by atoms with Gasteiger partial charge in [-0.2, -0.15) is 9.29 Å². The van der Waals surface area contributed by atoms with Gasteiger partial charge in [-0.05, 0) is 83.1 Å². The van der Waals surface area contributed by atoms with Gasteiger partial charge in [0.05, 0.1) is 25.4 Å². The molecule has 21 heteroatoms. The molecule has 2 aliphatic heterocycles. The number of nitrogen functional groups attached to an aromatic ring is 1. The number of nitrogens with two attached hydrogens (primary N) is 1. The summed E-state index contributed by atoms with van der Waals surface area (Å²) in [5, 5.41) is 20.9. The summed E-state index contributed by atoms with van der Waals surface area (Å²) in [7, 11) is -10.9. The number of phosphoric ester groups is 2. The number of hydrogen-bond donors (Lipinski definition) is 5. The van der Waals surface area contributed by atoms with E-state index in [4.69, 9.17) is 33.7 Å². The molecule has 1 aromatic rings. The second-order valence-electron chi connectivity index (χ2n) is 17.7. The van der Waals surface area contributed by atoms with Crippen molar-refractivity contribution in [3.63, 3.8) is 0 Å². The van der Waals surface area contributed by atoms with Crippen molar-refractivity contribution in [2.45, 2.75) is 198 Å². The highest BCUT2D eigenvalue weighted by Crippen LogP contribution is 2.60. The molecule has 3 heterocycles. The zero-order chi connectivity index (χ0) is 51.7. The first-order valence-electron chi connectivity index (χ1n) is 25.4. The van der Waals surface area contributed by atoms with E-state index in [2.05, 4.69) is 71.8 Å². The van der Waals surface area contributed by atoms with Crippen molar-refractivity contribution >= 4 is 33.4 Å². The molecule has 2 aliphatic rings. The standard InChI is InChI=1S/C50H81N3O16P2/c1-3-5-7-9-11-12-13-14-15-16-17-18-19-20-21-25-30-34-46(55)66-40(37-63-45(54)33-29-26-22-24-28-32-42-41(67-42)31-27-23-10-8-6-4-2)38-64-70(59,60)69-71(61,62)65-39-43-47(56)48(57)49(68-43)53-36-35-44(51)52-50(53)58/h11-12,14-15,17-18,20-21,23,27,35-36,40-43,47-49,56-57H,3-10,13,16,19,22,24-26,28-34,37-39H2,1-2H3,(H,59,60)(H,61,62)(H2,51,52,58)/b12-11-,15-14-,18-17-,21-20-,27-23-/t40-,41?,42?,43-,47-,48-,49-/m1/s1. The second kappa shape index (κ2) is 35.6. The van der Waals surface area contributed by atoms with Gasteiger partial charge in [-0.3, -0.25) is 23.2 Å². The van der Waals surface area contributed by atoms with E-state index in [0.717, 1.165) is 81.4 Å². The summed E-state index contributed by atoms with van der Waals surface area (Å²) in [6.45, 7) is 2.02. The van der Waals surface area contributed by atoms with Crippen LogP contribution in [-0.4, -0.2) is 97.9 Å². The number of ether oxygens (including phenoxy) is 4. The van der Waals surface area contributed by atoms with Crippen LogP contribution in [-0.2, 0) is 51.0 Å². The van der Waals surface area contributed by atoms with Crippen molar-refractivity contribution in [1.29, 1.82) is 0 Å². The summed E-state index contributed by atoms with van der Waals surface area (Å²) >= 11 is 0. The lowest BCUT2D eigenvalue weighted by atomic mass is 10.1. The number of nitrogens with zero attached hydrogens (tertiary/aromatic N) is 2. The minimum Gasteiger partial charge on any atom is -0.462 e. The normalized spacial score (nSPS) is 22.5. The van der Waals surface area contributed by atoms with Crippen molar-refractivity contribution in [3.05, 3.63) is 83.5 Å². The molecule has 3 rings (SSSR count). The van der Waals surface area contributed by atoms with Crippen molar-refractivity contribution in [3.8, 4) is 0 Å². The molecule has 0 aromatic carbocycles. The van der Waals surface area contributed by atoms with E-state index < -0.39 is 83.7 Å². The first kappa shape index (κ1) is 61.7. The van der Waals surface area contributed by atoms with Crippen molar-refractivity contribution in [2.24, 2.45) is 0 Å². The molecule has 2 saturated heterocycles. The fourth-order valence-electron chi connectivity index (χ4n) is 7.43. The number of rotatable bonds is 40. The number of aliphatic hydroxyl groups is 2. The highest BCUT2D eigenvalue weighted by Gasteiger charge is 2.46. The first-order valence-corrected chi connectivity index (χ1v) is 28.4. The zero-order valence-corrected chi connectivity index (χ0v) is 43.5. The third-order valence-corrected chi connectivity index (χ3v) is 14.1. The van der Waals surface area contributed by atoms with Crippen LogP contribution in [0.5, 0.6) is 0 Å². The number of anilines is 1. The molecule has 0 bridgehead atoms. The Bertz CT molecular complexity index is 1990. The number of epoxide rings is 1. The topological polar surface area (TPSA) is 278 Å². The Hall–Kier alpha value is -3.58. The zero-order valence-electron chi connectivity index (χ0n) is 41.7. The van der Waals surface area contributed by atoms with Crippen molar-refractivity contribution in [2.75, 3.05) is 25.6 Å². The monoisotopic (exact) mass is 1040 g/mol. The smallest absolute Gasteiger partial charge is 0.462 e. The highest BCUT2D eigenvalue weighted by atomic mass is 31.3. The fraction of sp³-hybridized carbons (Fsp3) is 0.680. The Morgan fingerprint density at radius 1 is 0.704 bits per heavy atom. The maximum absolute atomic E-state index is 12.9. The minimum absolute atomic E-state index is 0.0345. The van der Waals surface area contributed by atoms with Gasteiger partial charge in [0, 0.05) is 19.0 Å². The molecule has 1 aromatic heterocycles. The SMILES string of the molecule is CCCCC/C=C\C/C=C\C/C=C\C/C=C\CCCC(=O)O[C@H](COC(=O)CCCCCCCC1OC1C/C=C\CCCCC)COP(=O)(O)OP(=O)(O)OC[C@H]1O[C@@H](n2ccc(N)nc2=O)[C@H](O)[C@@H]1O. The third kappa shape index (κ3) is 27.9. The molecule has 402 valence electrons. The molecule has 4 unspecified atom stereocenters. The fourth-order valence-corrected chi connectivity index (χ4v) is 9.54. The Kier molecular flexibility index (Phi) is 30.9. The number of phosphoric acid groups is 2. The van der Waals surface area contributed by atoms with Gasteiger partial charge >= 0.3 is 33.3 Å².